The molecule has 0 bridgehead atoms. The van der Waals surface area contributed by atoms with E-state index in [4.69, 9.17) is 14.8 Å². The molecule has 2 fully saturated rings. The lowest BCUT2D eigenvalue weighted by Crippen LogP contribution is -2.54. The van der Waals surface area contributed by atoms with Crippen molar-refractivity contribution in [3.8, 4) is 22.5 Å². The van der Waals surface area contributed by atoms with Crippen LogP contribution in [0.25, 0.3) is 22.5 Å². The van der Waals surface area contributed by atoms with Gasteiger partial charge in [-0.05, 0) is 42.8 Å². The minimum Gasteiger partial charge on any atom is -0.380 e. The molecule has 0 saturated carbocycles. The molecule has 2 saturated heterocycles. The van der Waals surface area contributed by atoms with Crippen LogP contribution < -0.4 is 4.90 Å². The molecule has 1 aromatic carbocycles. The van der Waals surface area contributed by atoms with E-state index in [0.29, 0.717) is 11.8 Å². The number of hydrogen-bond acceptors (Lipinski definition) is 7. The fraction of sp³-hybridized carbons (Fsp3) is 0.400. The topological polar surface area (TPSA) is 72.2 Å². The van der Waals surface area contributed by atoms with Crippen molar-refractivity contribution < 1.29 is 4.74 Å². The number of pyridine rings is 1. The highest BCUT2D eigenvalue weighted by Gasteiger charge is 2.35. The molecule has 5 heterocycles. The number of anilines is 1. The van der Waals surface area contributed by atoms with Gasteiger partial charge in [-0.15, -0.1) is 0 Å². The average Bonchev–Trinajstić information content (AvgIpc) is 3.39. The van der Waals surface area contributed by atoms with Crippen LogP contribution in [-0.4, -0.2) is 75.6 Å². The molecule has 2 aliphatic heterocycles. The van der Waals surface area contributed by atoms with Gasteiger partial charge in [-0.1, -0.05) is 19.1 Å². The van der Waals surface area contributed by atoms with E-state index in [1.165, 1.54) is 11.3 Å². The lowest BCUT2D eigenvalue weighted by molar-refractivity contribution is -0.115. The Morgan fingerprint density at radius 3 is 2.47 bits per heavy atom. The van der Waals surface area contributed by atoms with E-state index < -0.39 is 0 Å². The molecule has 0 unspecified atom stereocenters. The molecule has 0 aliphatic carbocycles. The number of aryl methyl sites for hydroxylation is 1. The summed E-state index contributed by atoms with van der Waals surface area (Å²) in [5.41, 5.74) is 6.59. The van der Waals surface area contributed by atoms with E-state index in [-0.39, 0.29) is 0 Å². The number of nitrogens with zero attached hydrogens (tertiary/aromatic N) is 7. The molecule has 4 aromatic rings. The largest absolute Gasteiger partial charge is 0.380 e. The fourth-order valence-corrected chi connectivity index (χ4v) is 5.37. The SMILES string of the molecule is CCn1cc(-c2ccnc(Cc3ccc(N4CCN(CC5(C)COC5)CC4)cc3)n2)c(-c2cccnc2)n1. The van der Waals surface area contributed by atoms with Gasteiger partial charge in [0.05, 0.1) is 18.9 Å². The molecule has 0 atom stereocenters. The van der Waals surface area contributed by atoms with E-state index >= 15 is 0 Å². The first-order valence-electron chi connectivity index (χ1n) is 13.5. The lowest BCUT2D eigenvalue weighted by Gasteiger charge is -2.44. The fourth-order valence-electron chi connectivity index (χ4n) is 5.37. The van der Waals surface area contributed by atoms with Gasteiger partial charge in [0, 0.05) is 92.7 Å². The third-order valence-electron chi connectivity index (χ3n) is 7.54. The van der Waals surface area contributed by atoms with Gasteiger partial charge in [-0.3, -0.25) is 14.6 Å². The van der Waals surface area contributed by atoms with Crippen molar-refractivity contribution in [2.24, 2.45) is 5.41 Å². The van der Waals surface area contributed by atoms with Crippen LogP contribution in [0.3, 0.4) is 0 Å². The Kier molecular flexibility index (Phi) is 6.91. The maximum absolute atomic E-state index is 5.43. The Morgan fingerprint density at radius 1 is 0.974 bits per heavy atom. The first kappa shape index (κ1) is 24.7. The van der Waals surface area contributed by atoms with Crippen molar-refractivity contribution in [3.05, 3.63) is 78.6 Å². The Morgan fingerprint density at radius 2 is 1.79 bits per heavy atom. The van der Waals surface area contributed by atoms with Crippen LogP contribution in [0.2, 0.25) is 0 Å². The van der Waals surface area contributed by atoms with Crippen LogP contribution in [0.15, 0.2) is 67.3 Å². The third-order valence-corrected chi connectivity index (χ3v) is 7.54. The minimum atomic E-state index is 0.347. The third kappa shape index (κ3) is 5.33. The summed E-state index contributed by atoms with van der Waals surface area (Å²) < 4.78 is 7.37. The highest BCUT2D eigenvalue weighted by atomic mass is 16.5. The maximum atomic E-state index is 5.43. The highest BCUT2D eigenvalue weighted by molar-refractivity contribution is 5.78. The van der Waals surface area contributed by atoms with Gasteiger partial charge in [-0.25, -0.2) is 9.97 Å². The molecule has 0 amide bonds. The summed E-state index contributed by atoms with van der Waals surface area (Å²) in [4.78, 5) is 18.8. The molecule has 0 radical (unpaired) electrons. The molecule has 6 rings (SSSR count). The summed E-state index contributed by atoms with van der Waals surface area (Å²) in [7, 11) is 0. The van der Waals surface area contributed by atoms with Crippen molar-refractivity contribution in [2.45, 2.75) is 26.8 Å². The molecule has 3 aromatic heterocycles. The van der Waals surface area contributed by atoms with Crippen LogP contribution in [-0.2, 0) is 17.7 Å². The molecular weight excluding hydrogens is 474 g/mol. The summed E-state index contributed by atoms with van der Waals surface area (Å²) in [6.45, 7) is 12.5. The molecule has 8 heteroatoms. The van der Waals surface area contributed by atoms with Crippen molar-refractivity contribution in [1.82, 2.24) is 29.6 Å². The second kappa shape index (κ2) is 10.6. The second-order valence-corrected chi connectivity index (χ2v) is 10.8. The standard InChI is InChI=1S/C30H35N7O/c1-3-37-19-26(29(34-37)24-5-4-11-31-18-24)27-10-12-32-28(33-27)17-23-6-8-25(9-7-23)36-15-13-35(14-16-36)20-30(2)21-38-22-30/h4-12,18-19H,3,13-17,20-22H2,1-2H3. The molecule has 0 spiro atoms. The summed E-state index contributed by atoms with van der Waals surface area (Å²) >= 11 is 0. The Balaban J connectivity index is 1.12. The smallest absolute Gasteiger partial charge is 0.133 e. The summed E-state index contributed by atoms with van der Waals surface area (Å²) in [5, 5.41) is 4.78. The van der Waals surface area contributed by atoms with Crippen molar-refractivity contribution >= 4 is 5.69 Å². The lowest BCUT2D eigenvalue weighted by atomic mass is 9.88. The Bertz CT molecular complexity index is 1360. The zero-order chi connectivity index (χ0) is 26.0. The predicted octanol–water partition coefficient (Wildman–Crippen LogP) is 4.17. The van der Waals surface area contributed by atoms with Crippen molar-refractivity contribution in [3.63, 3.8) is 0 Å². The molecule has 8 nitrogen and oxygen atoms in total. The zero-order valence-corrected chi connectivity index (χ0v) is 22.3. The zero-order valence-electron chi connectivity index (χ0n) is 22.3. The number of rotatable bonds is 8. The van der Waals surface area contributed by atoms with E-state index in [0.717, 1.165) is 80.8 Å². The van der Waals surface area contributed by atoms with Gasteiger partial charge in [0.25, 0.3) is 0 Å². The highest BCUT2D eigenvalue weighted by Crippen LogP contribution is 2.30. The normalized spacial score (nSPS) is 17.4. The van der Waals surface area contributed by atoms with Gasteiger partial charge in [-0.2, -0.15) is 5.10 Å². The van der Waals surface area contributed by atoms with Crippen LogP contribution in [0.1, 0.15) is 25.2 Å². The van der Waals surface area contributed by atoms with E-state index in [1.807, 2.05) is 35.3 Å². The summed E-state index contributed by atoms with van der Waals surface area (Å²) in [6, 6.07) is 14.8. The number of piperazine rings is 1. The van der Waals surface area contributed by atoms with E-state index in [2.05, 4.69) is 64.1 Å². The summed E-state index contributed by atoms with van der Waals surface area (Å²) in [6.07, 6.45) is 8.22. The monoisotopic (exact) mass is 509 g/mol. The molecule has 2 aliphatic rings. The van der Waals surface area contributed by atoms with E-state index in [9.17, 15) is 0 Å². The Labute approximate surface area is 224 Å². The first-order chi connectivity index (χ1) is 18.6. The minimum absolute atomic E-state index is 0.347. The first-order valence-corrected chi connectivity index (χ1v) is 13.5. The molecule has 196 valence electrons. The molecular formula is C30H35N7O. The number of benzene rings is 1. The second-order valence-electron chi connectivity index (χ2n) is 10.8. The van der Waals surface area contributed by atoms with Crippen LogP contribution in [0.4, 0.5) is 5.69 Å². The maximum Gasteiger partial charge on any atom is 0.133 e. The van der Waals surface area contributed by atoms with Gasteiger partial charge in [0.2, 0.25) is 0 Å². The van der Waals surface area contributed by atoms with Crippen LogP contribution in [0, 0.1) is 5.41 Å². The quantitative estimate of drug-likeness (QED) is 0.353. The Hall–Kier alpha value is -3.62. The molecule has 38 heavy (non-hydrogen) atoms. The van der Waals surface area contributed by atoms with Crippen LogP contribution >= 0.6 is 0 Å². The molecule has 0 N–H and O–H groups in total. The van der Waals surface area contributed by atoms with Crippen LogP contribution in [0.5, 0.6) is 0 Å². The van der Waals surface area contributed by atoms with Gasteiger partial charge in [0.1, 0.15) is 11.5 Å². The average molecular weight is 510 g/mol. The van der Waals surface area contributed by atoms with E-state index in [1.54, 1.807) is 6.20 Å². The van der Waals surface area contributed by atoms with Gasteiger partial charge >= 0.3 is 0 Å². The predicted molar refractivity (Wildman–Crippen MR) is 149 cm³/mol. The van der Waals surface area contributed by atoms with Gasteiger partial charge < -0.3 is 9.64 Å². The van der Waals surface area contributed by atoms with Crippen molar-refractivity contribution in [2.75, 3.05) is 50.8 Å². The number of hydrogen-bond donors (Lipinski definition) is 0. The van der Waals surface area contributed by atoms with Crippen molar-refractivity contribution in [1.29, 1.82) is 0 Å². The number of ether oxygens (including phenoxy) is 1. The van der Waals surface area contributed by atoms with Gasteiger partial charge in [0.15, 0.2) is 0 Å². The number of aromatic nitrogens is 5. The summed E-state index contributed by atoms with van der Waals surface area (Å²) in [5.74, 6) is 0.804.